The average molecular weight is 588 g/mol. The summed E-state index contributed by atoms with van der Waals surface area (Å²) >= 11 is 0. The Morgan fingerprint density at radius 3 is 2.68 bits per heavy atom. The molecule has 1 amide bonds. The van der Waals surface area contributed by atoms with Gasteiger partial charge in [0.15, 0.2) is 11.5 Å². The lowest BCUT2D eigenvalue weighted by Crippen LogP contribution is -2.49. The molecule has 3 aromatic heterocycles. The fourth-order valence-electron chi connectivity index (χ4n) is 7.53. The van der Waals surface area contributed by atoms with Gasteiger partial charge in [-0.15, -0.1) is 0 Å². The van der Waals surface area contributed by atoms with Gasteiger partial charge in [0.25, 0.3) is 5.91 Å². The van der Waals surface area contributed by atoms with Crippen LogP contribution >= 0.6 is 0 Å². The summed E-state index contributed by atoms with van der Waals surface area (Å²) in [5.74, 6) is 2.84. The normalized spacial score (nSPS) is 21.3. The standard InChI is InChI=1S/C33H33N9O2/c1-39-25-6-4-3-5-20(25)10-27(39)32-38-24-9-22(33(43)41-18-21-7-8-26(41)30(21)35)11-28(44-2)31(24)42(32)17-19-15-40(16-19)29-14-36-13-23(12-34)37-29/h3-6,9-11,13-14,19,21,26,30H,7-8,15-18,35H2,1-2H3/t21-,26-,30-/m1/s1. The molecular formula is C33H33N9O2. The molecule has 2 bridgehead atoms. The molecular weight excluding hydrogens is 554 g/mol. The SMILES string of the molecule is COc1cc(C(=O)N2C[C@H]3CC[C@@H]2[C@@H]3N)cc2nc(-c3cc4ccccc4n3C)n(CC3CN(c4cncc(C#N)n4)C3)c12. The first-order chi connectivity index (χ1) is 21.4. The number of fused-ring (bicyclic) bond motifs is 4. The summed E-state index contributed by atoms with van der Waals surface area (Å²) in [4.78, 5) is 31.7. The van der Waals surface area contributed by atoms with Crippen LogP contribution in [0.25, 0.3) is 33.5 Å². The van der Waals surface area contributed by atoms with Gasteiger partial charge in [-0.3, -0.25) is 9.78 Å². The molecule has 5 aromatic rings. The van der Waals surface area contributed by atoms with Crippen LogP contribution in [0.1, 0.15) is 28.9 Å². The number of nitriles is 1. The maximum Gasteiger partial charge on any atom is 0.254 e. The molecule has 0 unspecified atom stereocenters. The van der Waals surface area contributed by atoms with E-state index in [1.807, 2.05) is 29.2 Å². The number of methoxy groups -OCH3 is 1. The fourth-order valence-corrected chi connectivity index (χ4v) is 7.53. The number of aromatic nitrogens is 5. The highest BCUT2D eigenvalue weighted by Crippen LogP contribution is 2.40. The first kappa shape index (κ1) is 26.7. The Morgan fingerprint density at radius 1 is 1.11 bits per heavy atom. The third-order valence-corrected chi connectivity index (χ3v) is 9.83. The number of ether oxygens (including phenoxy) is 1. The van der Waals surface area contributed by atoms with Gasteiger partial charge in [0, 0.05) is 67.7 Å². The molecule has 1 aliphatic carbocycles. The topological polar surface area (TPSA) is 131 Å². The maximum absolute atomic E-state index is 13.8. The Kier molecular flexibility index (Phi) is 6.10. The van der Waals surface area contributed by atoms with E-state index in [0.717, 1.165) is 59.4 Å². The van der Waals surface area contributed by atoms with Gasteiger partial charge in [-0.25, -0.2) is 9.97 Å². The highest BCUT2D eigenvalue weighted by Gasteiger charge is 2.47. The number of hydrogen-bond donors (Lipinski definition) is 1. The molecule has 8 rings (SSSR count). The van der Waals surface area contributed by atoms with E-state index >= 15 is 0 Å². The Morgan fingerprint density at radius 2 is 1.95 bits per heavy atom. The first-order valence-corrected chi connectivity index (χ1v) is 15.1. The molecule has 2 aliphatic heterocycles. The van der Waals surface area contributed by atoms with Crippen molar-refractivity contribution in [2.45, 2.75) is 31.5 Å². The van der Waals surface area contributed by atoms with Crippen LogP contribution in [0.2, 0.25) is 0 Å². The predicted molar refractivity (Wildman–Crippen MR) is 166 cm³/mol. The molecule has 3 fully saturated rings. The van der Waals surface area contributed by atoms with Crippen LogP contribution in [0.15, 0.2) is 54.9 Å². The number of nitrogens with two attached hydrogens (primary N) is 1. The number of para-hydroxylation sites is 1. The van der Waals surface area contributed by atoms with Crippen molar-refractivity contribution in [3.05, 3.63) is 66.1 Å². The van der Waals surface area contributed by atoms with E-state index in [1.54, 1.807) is 13.3 Å². The van der Waals surface area contributed by atoms with Crippen LogP contribution in [0.4, 0.5) is 5.82 Å². The molecule has 222 valence electrons. The van der Waals surface area contributed by atoms with Gasteiger partial charge < -0.3 is 29.4 Å². The number of hydrogen-bond acceptors (Lipinski definition) is 8. The van der Waals surface area contributed by atoms with E-state index in [0.29, 0.717) is 47.8 Å². The largest absolute Gasteiger partial charge is 0.494 e. The fraction of sp³-hybridized carbons (Fsp3) is 0.364. The van der Waals surface area contributed by atoms with Crippen molar-refractivity contribution in [1.29, 1.82) is 5.26 Å². The molecule has 3 atom stereocenters. The molecule has 5 heterocycles. The zero-order chi connectivity index (χ0) is 30.1. The summed E-state index contributed by atoms with van der Waals surface area (Å²) in [6.07, 6.45) is 5.22. The number of amides is 1. The molecule has 11 nitrogen and oxygen atoms in total. The Balaban J connectivity index is 1.19. The van der Waals surface area contributed by atoms with E-state index in [-0.39, 0.29) is 18.0 Å². The number of nitrogens with zero attached hydrogens (tertiary/aromatic N) is 8. The number of piperidine rings is 1. The first-order valence-electron chi connectivity index (χ1n) is 15.1. The number of imidazole rings is 1. The number of anilines is 1. The van der Waals surface area contributed by atoms with Gasteiger partial charge in [-0.1, -0.05) is 18.2 Å². The minimum atomic E-state index is -0.0103. The van der Waals surface area contributed by atoms with Crippen LogP contribution in [-0.2, 0) is 13.6 Å². The average Bonchev–Trinajstić information content (AvgIpc) is 3.77. The van der Waals surface area contributed by atoms with Gasteiger partial charge >= 0.3 is 0 Å². The second kappa shape index (κ2) is 10.1. The van der Waals surface area contributed by atoms with Crippen molar-refractivity contribution in [2.24, 2.45) is 24.6 Å². The van der Waals surface area contributed by atoms with E-state index in [1.165, 1.54) is 6.20 Å². The number of aryl methyl sites for hydroxylation is 1. The van der Waals surface area contributed by atoms with E-state index in [2.05, 4.69) is 55.3 Å². The van der Waals surface area contributed by atoms with Crippen LogP contribution < -0.4 is 15.4 Å². The minimum Gasteiger partial charge on any atom is -0.494 e. The van der Waals surface area contributed by atoms with Gasteiger partial charge in [-0.2, -0.15) is 5.26 Å². The van der Waals surface area contributed by atoms with Crippen LogP contribution in [0, 0.1) is 23.2 Å². The van der Waals surface area contributed by atoms with E-state index in [9.17, 15) is 10.1 Å². The number of likely N-dealkylation sites (tertiary alicyclic amines) is 1. The zero-order valence-corrected chi connectivity index (χ0v) is 24.7. The van der Waals surface area contributed by atoms with Crippen molar-refractivity contribution in [1.82, 2.24) is 29.0 Å². The van der Waals surface area contributed by atoms with Crippen molar-refractivity contribution >= 4 is 33.7 Å². The van der Waals surface area contributed by atoms with E-state index in [4.69, 9.17) is 15.5 Å². The van der Waals surface area contributed by atoms with Gasteiger partial charge in [0.2, 0.25) is 0 Å². The summed E-state index contributed by atoms with van der Waals surface area (Å²) in [6, 6.07) is 16.5. The van der Waals surface area contributed by atoms with Crippen molar-refractivity contribution < 1.29 is 9.53 Å². The zero-order valence-electron chi connectivity index (χ0n) is 24.7. The lowest BCUT2D eigenvalue weighted by atomic mass is 10.00. The highest BCUT2D eigenvalue weighted by molar-refractivity contribution is 6.00. The lowest BCUT2D eigenvalue weighted by Gasteiger charge is -2.40. The molecule has 0 spiro atoms. The van der Waals surface area contributed by atoms with E-state index < -0.39 is 0 Å². The molecule has 0 radical (unpaired) electrons. The van der Waals surface area contributed by atoms with Crippen molar-refractivity contribution in [2.75, 3.05) is 31.6 Å². The molecule has 2 saturated heterocycles. The molecule has 44 heavy (non-hydrogen) atoms. The molecule has 3 aliphatic rings. The number of rotatable bonds is 6. The maximum atomic E-state index is 13.8. The van der Waals surface area contributed by atoms with Crippen molar-refractivity contribution in [3.63, 3.8) is 0 Å². The number of carbonyl (C=O) groups is 1. The van der Waals surface area contributed by atoms with Crippen LogP contribution in [0.5, 0.6) is 5.75 Å². The lowest BCUT2D eigenvalue weighted by molar-refractivity contribution is 0.0700. The summed E-state index contributed by atoms with van der Waals surface area (Å²) < 4.78 is 10.4. The predicted octanol–water partition coefficient (Wildman–Crippen LogP) is 3.56. The number of benzene rings is 2. The Hall–Kier alpha value is -4.95. The van der Waals surface area contributed by atoms with Crippen LogP contribution in [0.3, 0.4) is 0 Å². The Labute approximate surface area is 254 Å². The van der Waals surface area contributed by atoms with Gasteiger partial charge in [0.1, 0.15) is 23.2 Å². The van der Waals surface area contributed by atoms with Gasteiger partial charge in [-0.05, 0) is 43.0 Å². The summed E-state index contributed by atoms with van der Waals surface area (Å²) in [6.45, 7) is 2.95. The minimum absolute atomic E-state index is 0.0103. The van der Waals surface area contributed by atoms with Crippen LogP contribution in [-0.4, -0.2) is 73.7 Å². The summed E-state index contributed by atoms with van der Waals surface area (Å²) in [5, 5.41) is 10.4. The molecule has 1 saturated carbocycles. The third-order valence-electron chi connectivity index (χ3n) is 9.83. The molecule has 11 heteroatoms. The second-order valence-electron chi connectivity index (χ2n) is 12.3. The monoisotopic (exact) mass is 587 g/mol. The quantitative estimate of drug-likeness (QED) is 0.319. The molecule has 2 aromatic carbocycles. The number of carbonyl (C=O) groups excluding carboxylic acids is 1. The highest BCUT2D eigenvalue weighted by atomic mass is 16.5. The second-order valence-corrected chi connectivity index (χ2v) is 12.3. The summed E-state index contributed by atoms with van der Waals surface area (Å²) in [5.41, 5.74) is 11.0. The smallest absolute Gasteiger partial charge is 0.254 e. The Bertz CT molecular complexity index is 1980. The third kappa shape index (κ3) is 4.05. The summed E-state index contributed by atoms with van der Waals surface area (Å²) in [7, 11) is 3.71. The van der Waals surface area contributed by atoms with Gasteiger partial charge in [0.05, 0.1) is 30.7 Å². The molecule has 2 N–H and O–H groups in total. The van der Waals surface area contributed by atoms with Crippen molar-refractivity contribution in [3.8, 4) is 23.3 Å².